The fourth-order valence-corrected chi connectivity index (χ4v) is 9.83. The Bertz CT molecular complexity index is 2820. The van der Waals surface area contributed by atoms with Crippen molar-refractivity contribution in [3.05, 3.63) is 263 Å². The van der Waals surface area contributed by atoms with E-state index in [1.807, 2.05) is 0 Å². The van der Waals surface area contributed by atoms with Crippen LogP contribution in [-0.2, 0) is 5.41 Å². The molecule has 1 spiro atoms. The molecule has 0 fully saturated rings. The minimum absolute atomic E-state index is 0.0298. The molecule has 0 heterocycles. The zero-order valence-corrected chi connectivity index (χ0v) is 30.9. The van der Waals surface area contributed by atoms with Gasteiger partial charge < -0.3 is 0 Å². The highest BCUT2D eigenvalue weighted by molar-refractivity contribution is 5.95. The highest BCUT2D eigenvalue weighted by Gasteiger charge is 2.51. The first kappa shape index (κ1) is 32.4. The lowest BCUT2D eigenvalue weighted by atomic mass is 9.69. The van der Waals surface area contributed by atoms with E-state index in [1.165, 1.54) is 94.6 Å². The minimum atomic E-state index is -0.406. The average molecular weight is 711 g/mol. The quantitative estimate of drug-likeness (QED) is 0.151. The molecule has 9 aromatic carbocycles. The smallest absolute Gasteiger partial charge is 0.0622 e. The number of hydrogen-bond acceptors (Lipinski definition) is 0. The van der Waals surface area contributed by atoms with Crippen molar-refractivity contribution in [2.24, 2.45) is 0 Å². The van der Waals surface area contributed by atoms with Crippen molar-refractivity contribution < 1.29 is 0 Å². The van der Waals surface area contributed by atoms with E-state index in [0.717, 1.165) is 0 Å². The van der Waals surface area contributed by atoms with Crippen molar-refractivity contribution in [1.29, 1.82) is 0 Å². The number of hydrogen-bond donors (Lipinski definition) is 0. The molecule has 0 saturated heterocycles. The Hall–Kier alpha value is -7.02. The summed E-state index contributed by atoms with van der Waals surface area (Å²) in [4.78, 5) is 0. The highest BCUT2D eigenvalue weighted by Crippen LogP contribution is 2.63. The Labute approximate surface area is 329 Å². The van der Waals surface area contributed by atoms with Crippen molar-refractivity contribution in [3.8, 4) is 55.6 Å². The van der Waals surface area contributed by atoms with Crippen molar-refractivity contribution in [3.63, 3.8) is 0 Å². The Morgan fingerprint density at radius 3 is 1.21 bits per heavy atom. The van der Waals surface area contributed by atoms with Crippen LogP contribution in [0, 0.1) is 0 Å². The topological polar surface area (TPSA) is 0 Å². The second kappa shape index (κ2) is 13.1. The van der Waals surface area contributed by atoms with Crippen LogP contribution < -0.4 is 0 Å². The van der Waals surface area contributed by atoms with Crippen LogP contribution in [0.5, 0.6) is 0 Å². The van der Waals surface area contributed by atoms with E-state index in [9.17, 15) is 0 Å². The van der Waals surface area contributed by atoms with E-state index in [-0.39, 0.29) is 5.92 Å². The van der Waals surface area contributed by atoms with E-state index in [2.05, 4.69) is 224 Å². The molecule has 2 aliphatic carbocycles. The molecule has 0 saturated carbocycles. The largest absolute Gasteiger partial charge is 0.0725 e. The van der Waals surface area contributed by atoms with Crippen LogP contribution in [0.15, 0.2) is 224 Å². The predicted molar refractivity (Wildman–Crippen MR) is 233 cm³/mol. The van der Waals surface area contributed by atoms with Gasteiger partial charge in [-0.15, -0.1) is 0 Å². The third-order valence-corrected chi connectivity index (χ3v) is 12.3. The first-order valence-corrected chi connectivity index (χ1v) is 19.6. The van der Waals surface area contributed by atoms with Crippen LogP contribution in [0.25, 0.3) is 55.6 Å². The molecule has 0 bridgehead atoms. The SMILES string of the molecule is c1ccc(-c2ccc(C(c3ccc4c(c3)C3(c5ccccc5-c5ccccc53)c3ccccc3-4)c3ccc(-c4ccccc4)cc3-c3ccccc3)cc2)cc1. The Morgan fingerprint density at radius 2 is 0.661 bits per heavy atom. The lowest BCUT2D eigenvalue weighted by molar-refractivity contribution is 0.790. The minimum Gasteiger partial charge on any atom is -0.0622 e. The van der Waals surface area contributed by atoms with Crippen LogP contribution in [-0.4, -0.2) is 0 Å². The lowest BCUT2D eigenvalue weighted by Gasteiger charge is -2.31. The lowest BCUT2D eigenvalue weighted by Crippen LogP contribution is -2.26. The molecule has 0 heteroatoms. The van der Waals surface area contributed by atoms with Crippen molar-refractivity contribution in [2.75, 3.05) is 0 Å². The van der Waals surface area contributed by atoms with E-state index >= 15 is 0 Å². The van der Waals surface area contributed by atoms with Crippen molar-refractivity contribution in [1.82, 2.24) is 0 Å². The maximum absolute atomic E-state index is 2.56. The molecule has 1 atom stereocenters. The Kier molecular flexibility index (Phi) is 7.57. The fourth-order valence-electron chi connectivity index (χ4n) is 9.83. The highest BCUT2D eigenvalue weighted by atomic mass is 14.5. The molecule has 9 aromatic rings. The van der Waals surface area contributed by atoms with E-state index in [0.29, 0.717) is 0 Å². The third-order valence-electron chi connectivity index (χ3n) is 12.3. The first-order chi connectivity index (χ1) is 27.8. The molecule has 0 nitrogen and oxygen atoms in total. The molecular weight excluding hydrogens is 673 g/mol. The van der Waals surface area contributed by atoms with Gasteiger partial charge in [-0.05, 0) is 101 Å². The van der Waals surface area contributed by atoms with Gasteiger partial charge in [0.1, 0.15) is 0 Å². The van der Waals surface area contributed by atoms with E-state index < -0.39 is 5.41 Å². The van der Waals surface area contributed by atoms with Crippen LogP contribution in [0.4, 0.5) is 0 Å². The van der Waals surface area contributed by atoms with Crippen LogP contribution >= 0.6 is 0 Å². The molecule has 262 valence electrons. The average Bonchev–Trinajstić information content (AvgIpc) is 3.75. The summed E-state index contributed by atoms with van der Waals surface area (Å²) in [5, 5.41) is 0. The zero-order valence-electron chi connectivity index (χ0n) is 30.9. The second-order valence-electron chi connectivity index (χ2n) is 15.1. The van der Waals surface area contributed by atoms with Gasteiger partial charge in [-0.3, -0.25) is 0 Å². The maximum atomic E-state index is 2.56. The van der Waals surface area contributed by atoms with Gasteiger partial charge in [0.25, 0.3) is 0 Å². The number of fused-ring (bicyclic) bond motifs is 10. The molecular formula is C56H38. The van der Waals surface area contributed by atoms with Gasteiger partial charge >= 0.3 is 0 Å². The summed E-state index contributed by atoms with van der Waals surface area (Å²) in [5.74, 6) is -0.0298. The molecule has 11 rings (SSSR count). The van der Waals surface area contributed by atoms with Gasteiger partial charge in [0, 0.05) is 5.92 Å². The number of benzene rings is 9. The van der Waals surface area contributed by atoms with Gasteiger partial charge in [-0.1, -0.05) is 218 Å². The summed E-state index contributed by atoms with van der Waals surface area (Å²) in [6, 6.07) is 83.4. The number of rotatable bonds is 6. The third kappa shape index (κ3) is 4.93. The molecule has 0 aromatic heterocycles. The van der Waals surface area contributed by atoms with E-state index in [4.69, 9.17) is 0 Å². The second-order valence-corrected chi connectivity index (χ2v) is 15.1. The van der Waals surface area contributed by atoms with Gasteiger partial charge in [0.15, 0.2) is 0 Å². The van der Waals surface area contributed by atoms with Gasteiger partial charge in [-0.2, -0.15) is 0 Å². The molecule has 56 heavy (non-hydrogen) atoms. The molecule has 0 amide bonds. The standard InChI is InChI=1S/C56H38/c1-4-16-38(17-5-1)40-28-30-42(31-29-40)55(49-35-32-43(39-18-6-2-7-19-39)36-50(49)41-20-8-3-9-21-41)44-33-34-48-47-24-12-15-27-53(47)56(54(48)37-44)51-25-13-10-22-45(51)46-23-11-14-26-52(46)56/h1-37,55H. The summed E-state index contributed by atoms with van der Waals surface area (Å²) in [7, 11) is 0. The maximum Gasteiger partial charge on any atom is 0.0725 e. The zero-order chi connectivity index (χ0) is 37.1. The molecule has 0 aliphatic heterocycles. The molecule has 0 N–H and O–H groups in total. The first-order valence-electron chi connectivity index (χ1n) is 19.6. The summed E-state index contributed by atoms with van der Waals surface area (Å²) >= 11 is 0. The summed E-state index contributed by atoms with van der Waals surface area (Å²) < 4.78 is 0. The van der Waals surface area contributed by atoms with E-state index in [1.54, 1.807) is 0 Å². The van der Waals surface area contributed by atoms with Crippen LogP contribution in [0.1, 0.15) is 44.9 Å². The van der Waals surface area contributed by atoms with Crippen LogP contribution in [0.3, 0.4) is 0 Å². The molecule has 1 unspecified atom stereocenters. The predicted octanol–water partition coefficient (Wildman–Crippen LogP) is 14.2. The Balaban J connectivity index is 1.18. The van der Waals surface area contributed by atoms with Gasteiger partial charge in [0.05, 0.1) is 5.41 Å². The van der Waals surface area contributed by atoms with Crippen molar-refractivity contribution >= 4 is 0 Å². The van der Waals surface area contributed by atoms with Crippen molar-refractivity contribution in [2.45, 2.75) is 11.3 Å². The molecule has 0 radical (unpaired) electrons. The molecule has 2 aliphatic rings. The fraction of sp³-hybridized carbons (Fsp3) is 0.0357. The summed E-state index contributed by atoms with van der Waals surface area (Å²) in [6.07, 6.45) is 0. The normalized spacial score (nSPS) is 13.4. The monoisotopic (exact) mass is 710 g/mol. The van der Waals surface area contributed by atoms with Gasteiger partial charge in [-0.25, -0.2) is 0 Å². The van der Waals surface area contributed by atoms with Crippen LogP contribution in [0.2, 0.25) is 0 Å². The van der Waals surface area contributed by atoms with Gasteiger partial charge in [0.2, 0.25) is 0 Å². The summed E-state index contributed by atoms with van der Waals surface area (Å²) in [6.45, 7) is 0. The summed E-state index contributed by atoms with van der Waals surface area (Å²) in [5.41, 5.74) is 21.5. The Morgan fingerprint density at radius 1 is 0.250 bits per heavy atom.